The Balaban J connectivity index is 0.940. The van der Waals surface area contributed by atoms with Crippen molar-refractivity contribution in [3.63, 3.8) is 0 Å². The molecule has 0 aliphatic carbocycles. The summed E-state index contributed by atoms with van der Waals surface area (Å²) in [6.07, 6.45) is 0.315. The molecule has 2 spiro atoms. The molecule has 14 heteroatoms. The van der Waals surface area contributed by atoms with Gasteiger partial charge in [0.15, 0.2) is 0 Å². The van der Waals surface area contributed by atoms with Gasteiger partial charge in [-0.15, -0.1) is 0 Å². The zero-order chi connectivity index (χ0) is 40.2. The largest absolute Gasteiger partial charge is 0.491 e. The normalized spacial score (nSPS) is 24.1. The second kappa shape index (κ2) is 14.4. The van der Waals surface area contributed by atoms with E-state index in [1.54, 1.807) is 0 Å². The standard InChI is InChI=1S/C41H58N6O8/c1-36(2)22-40(23-37(3,4)44-36)32(50)46(34(52)42-40)18-28(48)20-54-30-13-9-26(10-14-30)17-27-11-15-31(16-12-27)55-21-29(49)19-47-33(51)41(43-35(47)53)24-38(5,6)45-39(7,8)25-41/h9-16,28-29,44-45,48-49H,17-25H2,1-8H3,(H,42,52)(H,43,53). The van der Waals surface area contributed by atoms with Crippen molar-refractivity contribution in [2.45, 2.75) is 133 Å². The molecule has 4 heterocycles. The molecular weight excluding hydrogens is 704 g/mol. The summed E-state index contributed by atoms with van der Waals surface area (Å²) >= 11 is 0. The molecule has 2 unspecified atom stereocenters. The molecule has 6 N–H and O–H groups in total. The second-order valence-electron chi connectivity index (χ2n) is 18.7. The summed E-state index contributed by atoms with van der Waals surface area (Å²) in [5.41, 5.74) is -1.38. The van der Waals surface area contributed by atoms with E-state index in [1.165, 1.54) is 0 Å². The van der Waals surface area contributed by atoms with Gasteiger partial charge in [-0.2, -0.15) is 0 Å². The molecule has 55 heavy (non-hydrogen) atoms. The number of aliphatic hydroxyl groups excluding tert-OH is 2. The maximum absolute atomic E-state index is 13.5. The van der Waals surface area contributed by atoms with Crippen LogP contribution in [0.2, 0.25) is 0 Å². The molecular formula is C41H58N6O8. The number of β-amino-alcohol motifs (C(OH)–C–C–N with tert-alkyl or cyclic N) is 2. The fourth-order valence-corrected chi connectivity index (χ4v) is 9.87. The fraction of sp³-hybridized carbons (Fsp3) is 0.610. The Labute approximate surface area is 323 Å². The number of hydrogen-bond acceptors (Lipinski definition) is 10. The summed E-state index contributed by atoms with van der Waals surface area (Å²) in [7, 11) is 0. The Bertz CT molecular complexity index is 1630. The zero-order valence-corrected chi connectivity index (χ0v) is 33.4. The van der Waals surface area contributed by atoms with Gasteiger partial charge in [-0.1, -0.05) is 24.3 Å². The predicted octanol–water partition coefficient (Wildman–Crippen LogP) is 3.22. The van der Waals surface area contributed by atoms with Crippen LogP contribution in [0, 0.1) is 0 Å². The monoisotopic (exact) mass is 762 g/mol. The third kappa shape index (κ3) is 9.09. The Kier molecular flexibility index (Phi) is 10.6. The van der Waals surface area contributed by atoms with Gasteiger partial charge in [-0.25, -0.2) is 9.59 Å². The van der Waals surface area contributed by atoms with Gasteiger partial charge < -0.3 is 41.0 Å². The molecule has 14 nitrogen and oxygen atoms in total. The molecule has 0 bridgehead atoms. The molecule has 6 rings (SSSR count). The van der Waals surface area contributed by atoms with Crippen molar-refractivity contribution in [2.24, 2.45) is 0 Å². The summed E-state index contributed by atoms with van der Waals surface area (Å²) in [4.78, 5) is 55.0. The number of rotatable bonds is 12. The lowest BCUT2D eigenvalue weighted by Gasteiger charge is -2.50. The number of nitrogens with one attached hydrogen (secondary N) is 4. The van der Waals surface area contributed by atoms with Crippen molar-refractivity contribution in [2.75, 3.05) is 26.3 Å². The van der Waals surface area contributed by atoms with Gasteiger partial charge in [0, 0.05) is 22.2 Å². The van der Waals surface area contributed by atoms with E-state index in [-0.39, 0.29) is 60.3 Å². The topological polar surface area (TPSA) is 182 Å². The van der Waals surface area contributed by atoms with Crippen LogP contribution in [-0.4, -0.2) is 116 Å². The molecule has 2 atom stereocenters. The number of carbonyl (C=O) groups excluding carboxylic acids is 4. The van der Waals surface area contributed by atoms with Gasteiger partial charge in [-0.05, 0) is 123 Å². The summed E-state index contributed by atoms with van der Waals surface area (Å²) in [5, 5.41) is 34.4. The average molecular weight is 763 g/mol. The van der Waals surface area contributed by atoms with Gasteiger partial charge in [0.2, 0.25) is 0 Å². The highest BCUT2D eigenvalue weighted by molar-refractivity contribution is 6.08. The Morgan fingerprint density at radius 3 is 1.18 bits per heavy atom. The van der Waals surface area contributed by atoms with E-state index in [9.17, 15) is 29.4 Å². The van der Waals surface area contributed by atoms with Gasteiger partial charge in [0.05, 0.1) is 13.1 Å². The van der Waals surface area contributed by atoms with Crippen molar-refractivity contribution in [1.29, 1.82) is 0 Å². The lowest BCUT2D eigenvalue weighted by atomic mass is 9.71. The summed E-state index contributed by atoms with van der Waals surface area (Å²) < 4.78 is 11.6. The van der Waals surface area contributed by atoms with Gasteiger partial charge >= 0.3 is 12.1 Å². The third-order valence-corrected chi connectivity index (χ3v) is 10.7. The molecule has 4 aliphatic heterocycles. The van der Waals surface area contributed by atoms with Crippen LogP contribution in [0.15, 0.2) is 48.5 Å². The number of aliphatic hydroxyl groups is 2. The summed E-state index contributed by atoms with van der Waals surface area (Å²) in [6.45, 7) is 15.6. The Hall–Kier alpha value is -4.24. The van der Waals surface area contributed by atoms with E-state index in [4.69, 9.17) is 9.47 Å². The number of piperidine rings is 2. The Morgan fingerprint density at radius 2 is 0.873 bits per heavy atom. The van der Waals surface area contributed by atoms with Gasteiger partial charge in [0.1, 0.15) is 48.0 Å². The van der Waals surface area contributed by atoms with E-state index in [0.29, 0.717) is 43.6 Å². The minimum absolute atomic E-state index is 0.0885. The second-order valence-corrected chi connectivity index (χ2v) is 18.7. The lowest BCUT2D eigenvalue weighted by Crippen LogP contribution is -2.68. The van der Waals surface area contributed by atoms with Crippen LogP contribution in [0.25, 0.3) is 0 Å². The number of ether oxygens (including phenoxy) is 2. The van der Waals surface area contributed by atoms with E-state index in [0.717, 1.165) is 20.9 Å². The van der Waals surface area contributed by atoms with E-state index >= 15 is 0 Å². The van der Waals surface area contributed by atoms with E-state index < -0.39 is 35.3 Å². The lowest BCUT2D eigenvalue weighted by molar-refractivity contribution is -0.136. The molecule has 6 amide bonds. The van der Waals surface area contributed by atoms with Crippen molar-refractivity contribution in [3.05, 3.63) is 59.7 Å². The van der Waals surface area contributed by atoms with Crippen LogP contribution < -0.4 is 30.7 Å². The van der Waals surface area contributed by atoms with Crippen LogP contribution in [0.4, 0.5) is 9.59 Å². The molecule has 0 saturated carbocycles. The first-order chi connectivity index (χ1) is 25.5. The quantitative estimate of drug-likeness (QED) is 0.176. The third-order valence-electron chi connectivity index (χ3n) is 10.7. The van der Waals surface area contributed by atoms with Crippen LogP contribution in [-0.2, 0) is 16.0 Å². The molecule has 4 aliphatic rings. The fourth-order valence-electron chi connectivity index (χ4n) is 9.87. The highest BCUT2D eigenvalue weighted by Crippen LogP contribution is 2.41. The van der Waals surface area contributed by atoms with Crippen LogP contribution in [0.3, 0.4) is 0 Å². The summed E-state index contributed by atoms with van der Waals surface area (Å²) in [5.74, 6) is 0.468. The van der Waals surface area contributed by atoms with Crippen LogP contribution in [0.5, 0.6) is 11.5 Å². The molecule has 4 fully saturated rings. The van der Waals surface area contributed by atoms with Gasteiger partial charge in [-0.3, -0.25) is 19.4 Å². The van der Waals surface area contributed by atoms with Crippen molar-refractivity contribution < 1.29 is 38.9 Å². The zero-order valence-electron chi connectivity index (χ0n) is 33.4. The first-order valence-electron chi connectivity index (χ1n) is 19.2. The van der Waals surface area contributed by atoms with Crippen LogP contribution >= 0.6 is 0 Å². The number of hydrogen-bond donors (Lipinski definition) is 6. The molecule has 300 valence electrons. The van der Waals surface area contributed by atoms with Crippen LogP contribution in [0.1, 0.15) is 92.2 Å². The van der Waals surface area contributed by atoms with E-state index in [1.807, 2.05) is 104 Å². The summed E-state index contributed by atoms with van der Waals surface area (Å²) in [6, 6.07) is 13.9. The molecule has 2 aromatic rings. The number of imide groups is 2. The first-order valence-corrected chi connectivity index (χ1v) is 19.2. The highest BCUT2D eigenvalue weighted by atomic mass is 16.5. The molecule has 0 radical (unpaired) electrons. The maximum Gasteiger partial charge on any atom is 0.325 e. The van der Waals surface area contributed by atoms with Crippen molar-refractivity contribution in [1.82, 2.24) is 31.1 Å². The SMILES string of the molecule is CC1(C)CC2(CC(C)(C)N1)NC(=O)N(CC(O)COc1ccc(Cc3ccc(OCC(O)CN4C(=O)NC5(CC(C)(C)NC(C)(C)C5)C4=O)cc3)cc1)C2=O. The predicted molar refractivity (Wildman–Crippen MR) is 206 cm³/mol. The number of urea groups is 2. The number of carbonyl (C=O) groups is 4. The first kappa shape index (κ1) is 40.4. The van der Waals surface area contributed by atoms with Crippen molar-refractivity contribution in [3.8, 4) is 11.5 Å². The number of nitrogens with zero attached hydrogens (tertiary/aromatic N) is 2. The number of amides is 6. The Morgan fingerprint density at radius 1 is 0.564 bits per heavy atom. The number of benzene rings is 2. The molecule has 2 aromatic carbocycles. The molecule has 4 saturated heterocycles. The van der Waals surface area contributed by atoms with E-state index in [2.05, 4.69) is 21.3 Å². The maximum atomic E-state index is 13.5. The van der Waals surface area contributed by atoms with Crippen molar-refractivity contribution >= 4 is 23.9 Å². The molecule has 0 aromatic heterocycles. The van der Waals surface area contributed by atoms with Gasteiger partial charge in [0.25, 0.3) is 11.8 Å². The highest BCUT2D eigenvalue weighted by Gasteiger charge is 2.60. The minimum Gasteiger partial charge on any atom is -0.491 e. The smallest absolute Gasteiger partial charge is 0.325 e. The average Bonchev–Trinajstić information content (AvgIpc) is 3.38. The minimum atomic E-state index is -1.07.